The number of thioether (sulfide) groups is 2. The van der Waals surface area contributed by atoms with Crippen molar-refractivity contribution in [1.29, 1.82) is 0 Å². The average molecular weight is 770 g/mol. The van der Waals surface area contributed by atoms with Crippen LogP contribution in [0.2, 0.25) is 10.0 Å². The molecule has 16 heteroatoms. The Labute approximate surface area is 303 Å². The molecular formula is C33H39Cl2N4O7PS2. The number of carbonyl (C=O) groups excluding carboxylic acids is 4. The van der Waals surface area contributed by atoms with Crippen LogP contribution in [-0.2, 0) is 35.9 Å². The highest BCUT2D eigenvalue weighted by Gasteiger charge is 2.37. The number of primary amides is 1. The predicted octanol–water partition coefficient (Wildman–Crippen LogP) is 4.72. The summed E-state index contributed by atoms with van der Waals surface area (Å²) in [7, 11) is -4.38. The number of hydrogen-bond acceptors (Lipinski definition) is 7. The van der Waals surface area contributed by atoms with Crippen LogP contribution in [-0.4, -0.2) is 80.0 Å². The van der Waals surface area contributed by atoms with E-state index in [-0.39, 0.29) is 25.1 Å². The van der Waals surface area contributed by atoms with Gasteiger partial charge in [0.15, 0.2) is 0 Å². The number of likely N-dealkylation sites (tertiary alicyclic amines) is 1. The van der Waals surface area contributed by atoms with Crippen molar-refractivity contribution in [3.05, 3.63) is 81.8 Å². The van der Waals surface area contributed by atoms with Crippen LogP contribution in [0.5, 0.6) is 0 Å². The number of nitrogens with two attached hydrogens (primary N) is 1. The molecule has 0 saturated carbocycles. The van der Waals surface area contributed by atoms with Crippen LogP contribution < -0.4 is 16.4 Å². The highest BCUT2D eigenvalue weighted by Crippen LogP contribution is 2.39. The lowest BCUT2D eigenvalue weighted by Crippen LogP contribution is -2.60. The van der Waals surface area contributed by atoms with Gasteiger partial charge in [0.2, 0.25) is 23.6 Å². The minimum Gasteiger partial charge on any atom is -0.368 e. The van der Waals surface area contributed by atoms with Crippen molar-refractivity contribution in [1.82, 2.24) is 15.5 Å². The number of piperidine rings is 1. The van der Waals surface area contributed by atoms with Crippen molar-refractivity contribution < 1.29 is 33.5 Å². The van der Waals surface area contributed by atoms with Crippen molar-refractivity contribution >= 4 is 88.7 Å². The highest BCUT2D eigenvalue weighted by atomic mass is 35.5. The molecule has 0 spiro atoms. The van der Waals surface area contributed by atoms with Crippen molar-refractivity contribution in [3.8, 4) is 0 Å². The van der Waals surface area contributed by atoms with Crippen molar-refractivity contribution in [2.24, 2.45) is 5.73 Å². The molecule has 1 heterocycles. The topological polar surface area (TPSA) is 179 Å². The number of rotatable bonds is 16. The van der Waals surface area contributed by atoms with Crippen LogP contribution in [0.3, 0.4) is 0 Å². The van der Waals surface area contributed by atoms with Crippen LogP contribution in [0, 0.1) is 0 Å². The zero-order valence-corrected chi connectivity index (χ0v) is 30.6. The number of fused-ring (bicyclic) bond motifs is 1. The van der Waals surface area contributed by atoms with Crippen LogP contribution >= 0.6 is 54.3 Å². The van der Waals surface area contributed by atoms with E-state index in [4.69, 9.17) is 28.9 Å². The van der Waals surface area contributed by atoms with Gasteiger partial charge in [0, 0.05) is 36.6 Å². The Bertz CT molecular complexity index is 1710. The summed E-state index contributed by atoms with van der Waals surface area (Å²) in [5.41, 5.74) is 6.90. The molecule has 4 amide bonds. The zero-order valence-electron chi connectivity index (χ0n) is 26.6. The van der Waals surface area contributed by atoms with E-state index in [1.165, 1.54) is 16.7 Å². The fourth-order valence-corrected chi connectivity index (χ4v) is 8.52. The third kappa shape index (κ3) is 12.2. The maximum absolute atomic E-state index is 13.9. The number of amides is 4. The summed E-state index contributed by atoms with van der Waals surface area (Å²) >= 11 is 14.4. The minimum atomic E-state index is -4.38. The van der Waals surface area contributed by atoms with Gasteiger partial charge < -0.3 is 31.1 Å². The standard InChI is InChI=1S/C33H39Cl2N4O7PS2/c34-25-11-9-22(16-26(25)35)18-48-14-12-30(40)37-28(19-49-20-47(44,45)46)33(43)39-13-4-3-7-29(39)32(42)38-27(31(36)41)17-21-8-10-23-5-1-2-6-24(23)15-21/h1-2,5-6,8-11,15-16,27-29H,3-4,7,12-14,17-20H2,(H2,36,41)(H,37,40)(H,38,42)(H2,44,45,46). The number of halogens is 2. The molecule has 49 heavy (non-hydrogen) atoms. The summed E-state index contributed by atoms with van der Waals surface area (Å²) < 4.78 is 11.5. The first kappa shape index (κ1) is 39.0. The Balaban J connectivity index is 1.40. The number of nitrogens with one attached hydrogen (secondary N) is 2. The number of benzene rings is 3. The van der Waals surface area contributed by atoms with Gasteiger partial charge in [0.1, 0.15) is 18.1 Å². The van der Waals surface area contributed by atoms with E-state index in [9.17, 15) is 33.5 Å². The molecule has 1 fully saturated rings. The summed E-state index contributed by atoms with van der Waals surface area (Å²) in [6.07, 6.45) is 1.85. The first-order valence-corrected chi connectivity index (χ1v) is 20.5. The monoisotopic (exact) mass is 768 g/mol. The largest absolute Gasteiger partial charge is 0.368 e. The van der Waals surface area contributed by atoms with Gasteiger partial charge in [0.05, 0.1) is 15.5 Å². The molecule has 1 aliphatic heterocycles. The molecule has 3 aromatic rings. The molecule has 0 aromatic heterocycles. The van der Waals surface area contributed by atoms with Crippen LogP contribution in [0.4, 0.5) is 0 Å². The van der Waals surface area contributed by atoms with Crippen LogP contribution in [0.15, 0.2) is 60.7 Å². The van der Waals surface area contributed by atoms with Crippen molar-refractivity contribution in [3.63, 3.8) is 0 Å². The Morgan fingerprint density at radius 1 is 0.918 bits per heavy atom. The van der Waals surface area contributed by atoms with E-state index in [2.05, 4.69) is 10.6 Å². The molecule has 6 N–H and O–H groups in total. The molecule has 4 rings (SSSR count). The van der Waals surface area contributed by atoms with E-state index in [0.717, 1.165) is 33.7 Å². The van der Waals surface area contributed by atoms with Gasteiger partial charge in [-0.2, -0.15) is 11.8 Å². The fraction of sp³-hybridized carbons (Fsp3) is 0.394. The third-order valence-corrected chi connectivity index (χ3v) is 12.3. The fourth-order valence-electron chi connectivity index (χ4n) is 5.48. The molecule has 0 radical (unpaired) electrons. The Kier molecular flexibility index (Phi) is 14.7. The second-order valence-corrected chi connectivity index (χ2v) is 16.8. The molecule has 1 saturated heterocycles. The van der Waals surface area contributed by atoms with Crippen molar-refractivity contribution in [2.45, 2.75) is 56.0 Å². The molecule has 3 atom stereocenters. The summed E-state index contributed by atoms with van der Waals surface area (Å²) in [6.45, 7) is 0.234. The van der Waals surface area contributed by atoms with Gasteiger partial charge in [-0.05, 0) is 53.3 Å². The maximum Gasteiger partial charge on any atom is 0.335 e. The predicted molar refractivity (Wildman–Crippen MR) is 197 cm³/mol. The van der Waals surface area contributed by atoms with Crippen LogP contribution in [0.25, 0.3) is 10.8 Å². The zero-order chi connectivity index (χ0) is 35.6. The first-order valence-electron chi connectivity index (χ1n) is 15.6. The molecule has 0 bridgehead atoms. The third-order valence-electron chi connectivity index (χ3n) is 7.91. The SMILES string of the molecule is NC(=O)C(Cc1ccc2ccccc2c1)NC(=O)C1CCCCN1C(=O)C(CSCP(=O)(O)O)NC(=O)CCSCc1ccc(Cl)c(Cl)c1. The van der Waals surface area contributed by atoms with E-state index in [0.29, 0.717) is 40.8 Å². The molecular weight excluding hydrogens is 730 g/mol. The van der Waals surface area contributed by atoms with Gasteiger partial charge >= 0.3 is 7.60 Å². The summed E-state index contributed by atoms with van der Waals surface area (Å²) in [4.78, 5) is 73.1. The van der Waals surface area contributed by atoms with E-state index in [1.54, 1.807) is 12.1 Å². The van der Waals surface area contributed by atoms with Gasteiger partial charge in [0.25, 0.3) is 0 Å². The summed E-state index contributed by atoms with van der Waals surface area (Å²) in [6, 6.07) is 15.7. The van der Waals surface area contributed by atoms with E-state index < -0.39 is 54.8 Å². The van der Waals surface area contributed by atoms with Gasteiger partial charge in [-0.15, -0.1) is 11.8 Å². The second-order valence-electron chi connectivity index (χ2n) is 11.7. The number of nitrogens with zero attached hydrogens (tertiary/aromatic N) is 1. The number of hydrogen-bond donors (Lipinski definition) is 5. The van der Waals surface area contributed by atoms with Gasteiger partial charge in [-0.1, -0.05) is 71.7 Å². The molecule has 264 valence electrons. The normalized spacial score (nSPS) is 16.2. The quantitative estimate of drug-likeness (QED) is 0.102. The lowest BCUT2D eigenvalue weighted by molar-refractivity contribution is -0.145. The molecule has 0 aliphatic carbocycles. The Morgan fingerprint density at radius 2 is 1.65 bits per heavy atom. The molecule has 11 nitrogen and oxygen atoms in total. The molecule has 3 aromatic carbocycles. The van der Waals surface area contributed by atoms with E-state index >= 15 is 0 Å². The second kappa shape index (κ2) is 18.5. The Hall–Kier alpha value is -2.77. The first-order chi connectivity index (χ1) is 23.3. The molecule has 1 aliphatic rings. The van der Waals surface area contributed by atoms with Gasteiger partial charge in [-0.3, -0.25) is 23.7 Å². The lowest BCUT2D eigenvalue weighted by atomic mass is 9.98. The average Bonchev–Trinajstić information content (AvgIpc) is 3.06. The van der Waals surface area contributed by atoms with Crippen molar-refractivity contribution in [2.75, 3.05) is 23.5 Å². The van der Waals surface area contributed by atoms with Crippen LogP contribution in [0.1, 0.15) is 36.8 Å². The minimum absolute atomic E-state index is 0.0813. The smallest absolute Gasteiger partial charge is 0.335 e. The van der Waals surface area contributed by atoms with Gasteiger partial charge in [-0.25, -0.2) is 0 Å². The lowest BCUT2D eigenvalue weighted by Gasteiger charge is -2.37. The Morgan fingerprint density at radius 3 is 2.37 bits per heavy atom. The number of carbonyl (C=O) groups is 4. The van der Waals surface area contributed by atoms with E-state index in [1.807, 2.05) is 48.5 Å². The summed E-state index contributed by atoms with van der Waals surface area (Å²) in [5.74, 6) is -1.30. The maximum atomic E-state index is 13.9. The summed E-state index contributed by atoms with van der Waals surface area (Å²) in [5, 5.41) is 8.36. The molecule has 3 unspecified atom stereocenters. The highest BCUT2D eigenvalue weighted by molar-refractivity contribution is 8.04.